The van der Waals surface area contributed by atoms with Crippen molar-refractivity contribution in [3.63, 3.8) is 0 Å². The molecule has 3 aromatic rings. The third-order valence-corrected chi connectivity index (χ3v) is 5.48. The molecule has 162 valence electrons. The number of hydrogen-bond acceptors (Lipinski definition) is 7. The third-order valence-electron chi connectivity index (χ3n) is 4.48. The molecule has 0 aliphatic carbocycles. The highest BCUT2D eigenvalue weighted by atomic mass is 32.2. The zero-order valence-electron chi connectivity index (χ0n) is 17.7. The van der Waals surface area contributed by atoms with Gasteiger partial charge in [-0.2, -0.15) is 0 Å². The first-order chi connectivity index (χ1) is 15.0. The molecule has 0 saturated carbocycles. The fourth-order valence-corrected chi connectivity index (χ4v) is 3.84. The highest BCUT2D eigenvalue weighted by Crippen LogP contribution is 2.34. The summed E-state index contributed by atoms with van der Waals surface area (Å²) in [6, 6.07) is 12.6. The molecule has 31 heavy (non-hydrogen) atoms. The van der Waals surface area contributed by atoms with E-state index < -0.39 is 5.97 Å². The Morgan fingerprint density at radius 1 is 1.06 bits per heavy atom. The van der Waals surface area contributed by atoms with Gasteiger partial charge in [0.25, 0.3) is 0 Å². The lowest BCUT2D eigenvalue weighted by atomic mass is 10.2. The minimum atomic E-state index is -1.06. The van der Waals surface area contributed by atoms with Gasteiger partial charge in [0.15, 0.2) is 11.0 Å². The normalized spacial score (nSPS) is 11.3. The van der Waals surface area contributed by atoms with Crippen molar-refractivity contribution < 1.29 is 24.1 Å². The lowest BCUT2D eigenvalue weighted by molar-refractivity contribution is -0.131. The summed E-state index contributed by atoms with van der Waals surface area (Å²) in [5, 5.41) is 18.8. The molecular formula is C22H23N3O5S. The number of aliphatic carboxylic acids is 1. The average molecular weight is 442 g/mol. The number of carboxylic acids is 1. The van der Waals surface area contributed by atoms with Crippen LogP contribution in [-0.4, -0.2) is 47.2 Å². The molecule has 0 saturated heterocycles. The van der Waals surface area contributed by atoms with Gasteiger partial charge in [0.05, 0.1) is 21.3 Å². The van der Waals surface area contributed by atoms with Crippen LogP contribution in [0.2, 0.25) is 0 Å². The molecule has 8 nitrogen and oxygen atoms in total. The molecule has 1 N–H and O–H groups in total. The summed E-state index contributed by atoms with van der Waals surface area (Å²) in [7, 11) is 4.70. The highest BCUT2D eigenvalue weighted by Gasteiger charge is 2.19. The van der Waals surface area contributed by atoms with Gasteiger partial charge in [0.1, 0.15) is 22.2 Å². The second-order valence-electron chi connectivity index (χ2n) is 6.31. The number of thioether (sulfide) groups is 1. The van der Waals surface area contributed by atoms with E-state index in [1.165, 1.54) is 0 Å². The maximum absolute atomic E-state index is 11.9. The largest absolute Gasteiger partial charge is 0.497 e. The molecule has 2 aromatic carbocycles. The van der Waals surface area contributed by atoms with Crippen molar-refractivity contribution in [2.45, 2.75) is 18.6 Å². The zero-order valence-corrected chi connectivity index (χ0v) is 18.5. The summed E-state index contributed by atoms with van der Waals surface area (Å²) < 4.78 is 17.9. The summed E-state index contributed by atoms with van der Waals surface area (Å²) >= 11 is 1.03. The number of para-hydroxylation sites is 1. The summed E-state index contributed by atoms with van der Waals surface area (Å²) in [6.45, 7) is 2.49. The Kier molecular flexibility index (Phi) is 7.19. The smallest absolute Gasteiger partial charge is 0.342 e. The number of rotatable bonds is 9. The van der Waals surface area contributed by atoms with E-state index in [4.69, 9.17) is 14.2 Å². The van der Waals surface area contributed by atoms with E-state index >= 15 is 0 Å². The standard InChI is InChI=1S/C22H23N3O5S/c1-5-25-20(15-10-16(28-2)13-17(11-15)29-3)23-24-22(25)31-19(21(26)27)12-14-8-6-7-9-18(14)30-4/h6-13H,5H2,1-4H3,(H,26,27)/b19-12-. The Hall–Kier alpha value is -3.46. The van der Waals surface area contributed by atoms with Crippen LogP contribution in [0.3, 0.4) is 0 Å². The lowest BCUT2D eigenvalue weighted by Crippen LogP contribution is -2.03. The first kappa shape index (κ1) is 22.2. The Balaban J connectivity index is 2.01. The molecule has 0 unspecified atom stereocenters. The third kappa shape index (κ3) is 5.00. The van der Waals surface area contributed by atoms with Crippen LogP contribution in [0.25, 0.3) is 17.5 Å². The molecule has 0 bridgehead atoms. The number of benzene rings is 2. The van der Waals surface area contributed by atoms with Crippen molar-refractivity contribution in [3.8, 4) is 28.6 Å². The summed E-state index contributed by atoms with van der Waals surface area (Å²) in [5.74, 6) is 1.35. The fraction of sp³-hybridized carbons (Fsp3) is 0.227. The van der Waals surface area contributed by atoms with Crippen molar-refractivity contribution in [2.24, 2.45) is 0 Å². The molecule has 0 radical (unpaired) electrons. The number of carboxylic acid groups (broad SMARTS) is 1. The quantitative estimate of drug-likeness (QED) is 0.390. The molecule has 0 atom stereocenters. The van der Waals surface area contributed by atoms with E-state index in [1.807, 2.05) is 35.8 Å². The van der Waals surface area contributed by atoms with Crippen LogP contribution in [0, 0.1) is 0 Å². The first-order valence-electron chi connectivity index (χ1n) is 9.43. The van der Waals surface area contributed by atoms with Gasteiger partial charge in [-0.05, 0) is 43.0 Å². The van der Waals surface area contributed by atoms with Gasteiger partial charge >= 0.3 is 5.97 Å². The number of nitrogens with zero attached hydrogens (tertiary/aromatic N) is 3. The zero-order chi connectivity index (χ0) is 22.4. The SMILES string of the molecule is CCn1c(S/C(=C\c2ccccc2OC)C(=O)O)nnc1-c1cc(OC)cc(OC)c1. The van der Waals surface area contributed by atoms with Crippen molar-refractivity contribution in [1.82, 2.24) is 14.8 Å². The van der Waals surface area contributed by atoms with Crippen LogP contribution in [0.1, 0.15) is 12.5 Å². The number of hydrogen-bond donors (Lipinski definition) is 1. The van der Waals surface area contributed by atoms with Crippen LogP contribution in [0.5, 0.6) is 17.2 Å². The van der Waals surface area contributed by atoms with E-state index in [1.54, 1.807) is 45.6 Å². The van der Waals surface area contributed by atoms with Crippen LogP contribution in [0.15, 0.2) is 52.5 Å². The van der Waals surface area contributed by atoms with Crippen LogP contribution < -0.4 is 14.2 Å². The van der Waals surface area contributed by atoms with E-state index in [0.717, 1.165) is 17.3 Å². The first-order valence-corrected chi connectivity index (χ1v) is 10.2. The van der Waals surface area contributed by atoms with Crippen LogP contribution in [-0.2, 0) is 11.3 Å². The number of carbonyl (C=O) groups is 1. The van der Waals surface area contributed by atoms with Crippen molar-refractivity contribution in [1.29, 1.82) is 0 Å². The van der Waals surface area contributed by atoms with Gasteiger partial charge in [-0.25, -0.2) is 4.79 Å². The molecular weight excluding hydrogens is 418 g/mol. The van der Waals surface area contributed by atoms with E-state index in [9.17, 15) is 9.90 Å². The number of aromatic nitrogens is 3. The van der Waals surface area contributed by atoms with Crippen LogP contribution in [0.4, 0.5) is 0 Å². The molecule has 0 aliphatic rings. The molecule has 0 amide bonds. The van der Waals surface area contributed by atoms with Crippen molar-refractivity contribution in [3.05, 3.63) is 52.9 Å². The minimum absolute atomic E-state index is 0.0985. The molecule has 0 spiro atoms. The van der Waals surface area contributed by atoms with Gasteiger partial charge < -0.3 is 23.9 Å². The van der Waals surface area contributed by atoms with Crippen molar-refractivity contribution in [2.75, 3.05) is 21.3 Å². The number of methoxy groups -OCH3 is 3. The summed E-state index contributed by atoms with van der Waals surface area (Å²) in [6.07, 6.45) is 1.56. The molecule has 1 heterocycles. The van der Waals surface area contributed by atoms with Gasteiger partial charge in [-0.3, -0.25) is 0 Å². The molecule has 0 fully saturated rings. The molecule has 1 aromatic heterocycles. The van der Waals surface area contributed by atoms with Gasteiger partial charge in [-0.1, -0.05) is 18.2 Å². The van der Waals surface area contributed by atoms with E-state index in [0.29, 0.717) is 40.3 Å². The second-order valence-corrected chi connectivity index (χ2v) is 7.32. The summed E-state index contributed by atoms with van der Waals surface area (Å²) in [5.41, 5.74) is 1.42. The highest BCUT2D eigenvalue weighted by molar-refractivity contribution is 8.04. The summed E-state index contributed by atoms with van der Waals surface area (Å²) in [4.78, 5) is 12.0. The van der Waals surface area contributed by atoms with E-state index in [-0.39, 0.29) is 4.91 Å². The predicted octanol–water partition coefficient (Wildman–Crippen LogP) is 4.21. The van der Waals surface area contributed by atoms with E-state index in [2.05, 4.69) is 10.2 Å². The maximum Gasteiger partial charge on any atom is 0.342 e. The Labute approximate surface area is 184 Å². The van der Waals surface area contributed by atoms with Crippen LogP contribution >= 0.6 is 11.8 Å². The molecule has 3 rings (SSSR count). The Morgan fingerprint density at radius 2 is 1.74 bits per heavy atom. The Bertz CT molecular complexity index is 1090. The second kappa shape index (κ2) is 10.0. The molecule has 0 aliphatic heterocycles. The minimum Gasteiger partial charge on any atom is -0.497 e. The number of ether oxygens (including phenoxy) is 3. The lowest BCUT2D eigenvalue weighted by Gasteiger charge is -2.11. The predicted molar refractivity (Wildman–Crippen MR) is 119 cm³/mol. The van der Waals surface area contributed by atoms with Gasteiger partial charge in [-0.15, -0.1) is 10.2 Å². The Morgan fingerprint density at radius 3 is 2.32 bits per heavy atom. The monoisotopic (exact) mass is 441 g/mol. The fourth-order valence-electron chi connectivity index (χ4n) is 2.96. The topological polar surface area (TPSA) is 95.7 Å². The maximum atomic E-state index is 11.9. The average Bonchev–Trinajstić information content (AvgIpc) is 3.21. The molecule has 9 heteroatoms. The van der Waals surface area contributed by atoms with Gasteiger partial charge in [0, 0.05) is 23.7 Å². The van der Waals surface area contributed by atoms with Crippen molar-refractivity contribution >= 4 is 23.8 Å². The van der Waals surface area contributed by atoms with Gasteiger partial charge in [0.2, 0.25) is 0 Å².